The van der Waals surface area contributed by atoms with Gasteiger partial charge in [-0.2, -0.15) is 0 Å². The topological polar surface area (TPSA) is 155 Å². The van der Waals surface area contributed by atoms with Gasteiger partial charge in [0.2, 0.25) is 0 Å². The summed E-state index contributed by atoms with van der Waals surface area (Å²) in [5, 5.41) is 9.85. The van der Waals surface area contributed by atoms with Crippen LogP contribution in [0, 0.1) is 0 Å². The monoisotopic (exact) mass is 1110 g/mol. The second kappa shape index (κ2) is 59.8. The van der Waals surface area contributed by atoms with Gasteiger partial charge in [0.05, 0.1) is 19.8 Å². The van der Waals surface area contributed by atoms with E-state index in [2.05, 4.69) is 99.8 Å². The molecule has 0 aliphatic carbocycles. The second-order valence-corrected chi connectivity index (χ2v) is 22.3. The van der Waals surface area contributed by atoms with Crippen LogP contribution < -0.4 is 0 Å². The lowest BCUT2D eigenvalue weighted by atomic mass is 10.1. The van der Waals surface area contributed by atoms with Gasteiger partial charge in [-0.1, -0.05) is 234 Å². The van der Waals surface area contributed by atoms with Gasteiger partial charge in [0, 0.05) is 19.3 Å². The van der Waals surface area contributed by atoms with E-state index in [1.165, 1.54) is 122 Å². The normalized spacial score (nSPS) is 13.9. The van der Waals surface area contributed by atoms with E-state index in [0.29, 0.717) is 25.7 Å². The minimum atomic E-state index is -4.77. The zero-order chi connectivity index (χ0) is 56.9. The minimum Gasteiger partial charge on any atom is -0.462 e. The molecule has 3 atom stereocenters. The summed E-state index contributed by atoms with van der Waals surface area (Å²) in [7, 11) is -4.77. The lowest BCUT2D eigenvalue weighted by Gasteiger charge is -2.21. The van der Waals surface area contributed by atoms with Crippen LogP contribution in [0.2, 0.25) is 0 Å². The molecule has 0 spiro atoms. The third kappa shape index (κ3) is 57.3. The number of carbonyl (C=O) groups excluding carboxylic acids is 3. The first kappa shape index (κ1) is 74.7. The van der Waals surface area contributed by atoms with Crippen molar-refractivity contribution < 1.29 is 52.2 Å². The fourth-order valence-electron chi connectivity index (χ4n) is 8.50. The molecule has 0 aromatic rings. The fourth-order valence-corrected chi connectivity index (χ4v) is 9.28. The van der Waals surface area contributed by atoms with Crippen LogP contribution in [0.1, 0.15) is 278 Å². The average Bonchev–Trinajstić information content (AvgIpc) is 3.43. The van der Waals surface area contributed by atoms with E-state index < -0.39 is 57.8 Å². The molecule has 0 heterocycles. The molecule has 0 saturated heterocycles. The number of carbonyl (C=O) groups is 3. The van der Waals surface area contributed by atoms with Gasteiger partial charge in [-0.3, -0.25) is 23.4 Å². The summed E-state index contributed by atoms with van der Waals surface area (Å²) in [6, 6.07) is 0. The molecular weight excluding hydrogens is 1000 g/mol. The smallest absolute Gasteiger partial charge is 0.462 e. The van der Waals surface area contributed by atoms with E-state index in [4.69, 9.17) is 23.3 Å². The van der Waals surface area contributed by atoms with Crippen LogP contribution in [0.4, 0.5) is 0 Å². The number of hydrogen-bond donors (Lipinski definition) is 2. The molecule has 0 aromatic heterocycles. The summed E-state index contributed by atoms with van der Waals surface area (Å²) in [4.78, 5) is 48.7. The molecule has 0 saturated carbocycles. The predicted octanol–water partition coefficient (Wildman–Crippen LogP) is 19.0. The first-order valence-corrected chi connectivity index (χ1v) is 33.0. The molecule has 450 valence electrons. The van der Waals surface area contributed by atoms with Gasteiger partial charge in [0.1, 0.15) is 12.7 Å². The predicted molar refractivity (Wildman–Crippen MR) is 325 cm³/mol. The first-order valence-electron chi connectivity index (χ1n) is 31.5. The average molecular weight is 1120 g/mol. The van der Waals surface area contributed by atoms with Crippen LogP contribution in [-0.2, 0) is 42.2 Å². The minimum absolute atomic E-state index is 0.145. The van der Waals surface area contributed by atoms with Crippen molar-refractivity contribution in [1.29, 1.82) is 0 Å². The van der Waals surface area contributed by atoms with E-state index in [9.17, 15) is 28.9 Å². The van der Waals surface area contributed by atoms with Crippen molar-refractivity contribution in [2.75, 3.05) is 26.4 Å². The quantitative estimate of drug-likeness (QED) is 0.0197. The molecule has 2 N–H and O–H groups in total. The second-order valence-electron chi connectivity index (χ2n) is 20.8. The molecule has 78 heavy (non-hydrogen) atoms. The van der Waals surface area contributed by atoms with Crippen LogP contribution in [-0.4, -0.2) is 66.5 Å². The summed E-state index contributed by atoms with van der Waals surface area (Å²) in [6.45, 7) is 4.48. The molecule has 11 nitrogen and oxygen atoms in total. The summed E-state index contributed by atoms with van der Waals surface area (Å²) in [5.41, 5.74) is 0. The van der Waals surface area contributed by atoms with Crippen molar-refractivity contribution in [3.05, 3.63) is 85.1 Å². The van der Waals surface area contributed by atoms with E-state index in [-0.39, 0.29) is 25.9 Å². The summed E-state index contributed by atoms with van der Waals surface area (Å²) in [6.07, 6.45) is 69.7. The van der Waals surface area contributed by atoms with Gasteiger partial charge in [-0.25, -0.2) is 4.57 Å². The number of aliphatic hydroxyl groups excluding tert-OH is 1. The highest BCUT2D eigenvalue weighted by Gasteiger charge is 2.28. The molecule has 0 fully saturated rings. The Bertz CT molecular complexity index is 1630. The SMILES string of the molecule is CC/C=C\C/C=C\C/C=C\C/C=C\C/C=C\CCCC(=O)OCC(COP(=O)(O)OCC(CO)OC(=O)CCCCCCCCC/C=C\CCCCCCCC)OC(=O)CCCCCCCCC/C=C\CCCCCCCC. The van der Waals surface area contributed by atoms with E-state index in [1.807, 2.05) is 6.08 Å². The van der Waals surface area contributed by atoms with E-state index >= 15 is 0 Å². The van der Waals surface area contributed by atoms with E-state index in [1.54, 1.807) is 0 Å². The maximum absolute atomic E-state index is 12.9. The van der Waals surface area contributed by atoms with Crippen molar-refractivity contribution >= 4 is 25.7 Å². The van der Waals surface area contributed by atoms with Crippen molar-refractivity contribution in [2.45, 2.75) is 290 Å². The maximum atomic E-state index is 12.9. The molecule has 0 rings (SSSR count). The number of ether oxygens (including phenoxy) is 3. The van der Waals surface area contributed by atoms with Gasteiger partial charge < -0.3 is 24.2 Å². The molecule has 0 aliphatic heterocycles. The third-order valence-electron chi connectivity index (χ3n) is 13.3. The van der Waals surface area contributed by atoms with Gasteiger partial charge in [0.15, 0.2) is 6.10 Å². The highest BCUT2D eigenvalue weighted by atomic mass is 31.2. The summed E-state index contributed by atoms with van der Waals surface area (Å²) < 4.78 is 39.6. The molecule has 0 bridgehead atoms. The van der Waals surface area contributed by atoms with Gasteiger partial charge in [-0.15, -0.1) is 0 Å². The Hall–Kier alpha value is -3.34. The van der Waals surface area contributed by atoms with E-state index in [0.717, 1.165) is 89.9 Å². The first-order chi connectivity index (χ1) is 38.2. The fraction of sp³-hybridized carbons (Fsp3) is 0.742. The Labute approximate surface area is 477 Å². The summed E-state index contributed by atoms with van der Waals surface area (Å²) >= 11 is 0. The molecule has 12 heteroatoms. The number of phosphoric acid groups is 1. The molecule has 0 amide bonds. The van der Waals surface area contributed by atoms with Crippen LogP contribution in [0.25, 0.3) is 0 Å². The van der Waals surface area contributed by atoms with Crippen molar-refractivity contribution in [3.63, 3.8) is 0 Å². The number of rotatable bonds is 58. The van der Waals surface area contributed by atoms with Crippen molar-refractivity contribution in [3.8, 4) is 0 Å². The van der Waals surface area contributed by atoms with Crippen LogP contribution in [0.5, 0.6) is 0 Å². The number of esters is 3. The highest BCUT2D eigenvalue weighted by Crippen LogP contribution is 2.43. The van der Waals surface area contributed by atoms with Gasteiger partial charge in [0.25, 0.3) is 0 Å². The standard InChI is InChI=1S/C66H115O11P/c1-4-7-10-13-16-19-22-25-28-31-34-37-40-43-46-49-52-55-64(68)73-59-63(77-66(70)57-54-51-48-45-42-39-36-33-30-27-24-21-18-15-12-9-6-3)61-75-78(71,72)74-60-62(58-67)76-65(69)56-53-50-47-44-41-38-35-32-29-26-23-20-17-14-11-8-5-2/h7,10,16,19,25-30,34,37,43,46,62-63,67H,4-6,8-9,11-15,17-18,20-24,31-33,35-36,38-42,44-45,47-61H2,1-3H3,(H,71,72)/b10-7-,19-16-,28-25-,29-26-,30-27-,37-34-,46-43-. The van der Waals surface area contributed by atoms with Crippen LogP contribution in [0.15, 0.2) is 85.1 Å². The Kier molecular flexibility index (Phi) is 57.2. The summed E-state index contributed by atoms with van der Waals surface area (Å²) in [5.74, 6) is -1.54. The third-order valence-corrected chi connectivity index (χ3v) is 14.2. The number of phosphoric ester groups is 1. The maximum Gasteiger partial charge on any atom is 0.472 e. The molecule has 3 unspecified atom stereocenters. The highest BCUT2D eigenvalue weighted by molar-refractivity contribution is 7.47. The van der Waals surface area contributed by atoms with Gasteiger partial charge >= 0.3 is 25.7 Å². The molecular formula is C66H115O11P. The van der Waals surface area contributed by atoms with Crippen LogP contribution >= 0.6 is 7.82 Å². The Morgan fingerprint density at radius 2 is 0.679 bits per heavy atom. The molecule has 0 radical (unpaired) electrons. The Balaban J connectivity index is 4.77. The lowest BCUT2D eigenvalue weighted by Crippen LogP contribution is -2.30. The number of aliphatic hydroxyl groups is 1. The number of allylic oxidation sites excluding steroid dienone is 14. The zero-order valence-electron chi connectivity index (χ0n) is 49.9. The Morgan fingerprint density at radius 1 is 0.372 bits per heavy atom. The number of hydrogen-bond acceptors (Lipinski definition) is 10. The molecule has 0 aliphatic rings. The van der Waals surface area contributed by atoms with Crippen molar-refractivity contribution in [2.24, 2.45) is 0 Å². The van der Waals surface area contributed by atoms with Crippen molar-refractivity contribution in [1.82, 2.24) is 0 Å². The largest absolute Gasteiger partial charge is 0.472 e. The zero-order valence-corrected chi connectivity index (χ0v) is 50.8. The van der Waals surface area contributed by atoms with Crippen LogP contribution in [0.3, 0.4) is 0 Å². The Morgan fingerprint density at radius 3 is 1.08 bits per heavy atom. The van der Waals surface area contributed by atoms with Gasteiger partial charge in [-0.05, 0) is 109 Å². The molecule has 0 aromatic carbocycles. The lowest BCUT2D eigenvalue weighted by molar-refractivity contribution is -0.161. The number of unbranched alkanes of at least 4 members (excludes halogenated alkanes) is 27.